The van der Waals surface area contributed by atoms with Crippen LogP contribution in [0.15, 0.2) is 29.2 Å². The van der Waals surface area contributed by atoms with Gasteiger partial charge in [-0.1, -0.05) is 25.5 Å². The molecule has 0 amide bonds. The zero-order valence-corrected chi connectivity index (χ0v) is 13.6. The zero-order valence-electron chi connectivity index (χ0n) is 12.8. The number of rotatable bonds is 6. The van der Waals surface area contributed by atoms with Crippen molar-refractivity contribution in [2.45, 2.75) is 43.9 Å². The Morgan fingerprint density at radius 3 is 2.62 bits per heavy atom. The molecule has 2 rings (SSSR count). The summed E-state index contributed by atoms with van der Waals surface area (Å²) in [6.07, 6.45) is 4.97. The maximum atomic E-state index is 12.7. The molecule has 2 N–H and O–H groups in total. The average Bonchev–Trinajstić information content (AvgIpc) is 2.49. The van der Waals surface area contributed by atoms with Gasteiger partial charge in [0.1, 0.15) is 0 Å². The lowest BCUT2D eigenvalue weighted by Crippen LogP contribution is -2.40. The number of sulfonamides is 1. The van der Waals surface area contributed by atoms with Gasteiger partial charge in [0.15, 0.2) is 0 Å². The van der Waals surface area contributed by atoms with Gasteiger partial charge in [0.25, 0.3) is 0 Å². The summed E-state index contributed by atoms with van der Waals surface area (Å²) in [6, 6.07) is 7.34. The molecule has 0 aromatic heterocycles. The lowest BCUT2D eigenvalue weighted by atomic mass is 9.96. The van der Waals surface area contributed by atoms with Gasteiger partial charge in [0, 0.05) is 13.1 Å². The molecule has 1 fully saturated rings. The van der Waals surface area contributed by atoms with Crippen LogP contribution in [0.4, 0.5) is 0 Å². The number of hydrogen-bond acceptors (Lipinski definition) is 3. The van der Waals surface area contributed by atoms with Crippen LogP contribution < -0.4 is 5.73 Å². The second-order valence-electron chi connectivity index (χ2n) is 5.84. The first-order chi connectivity index (χ1) is 10.1. The third-order valence-corrected chi connectivity index (χ3v) is 6.04. The lowest BCUT2D eigenvalue weighted by molar-refractivity contribution is 0.258. The Morgan fingerprint density at radius 1 is 1.29 bits per heavy atom. The van der Waals surface area contributed by atoms with Crippen LogP contribution in [0, 0.1) is 5.92 Å². The average molecular weight is 310 g/mol. The predicted octanol–water partition coefficient (Wildman–Crippen LogP) is 2.39. The molecule has 118 valence electrons. The maximum Gasteiger partial charge on any atom is 0.243 e. The van der Waals surface area contributed by atoms with E-state index in [2.05, 4.69) is 6.92 Å². The topological polar surface area (TPSA) is 63.4 Å². The van der Waals surface area contributed by atoms with Crippen molar-refractivity contribution in [1.82, 2.24) is 4.31 Å². The molecule has 0 saturated carbocycles. The molecule has 5 heteroatoms. The summed E-state index contributed by atoms with van der Waals surface area (Å²) in [7, 11) is -3.35. The third-order valence-electron chi connectivity index (χ3n) is 4.16. The normalized spacial score (nSPS) is 20.6. The molecule has 1 saturated heterocycles. The minimum atomic E-state index is -3.35. The summed E-state index contributed by atoms with van der Waals surface area (Å²) in [5.74, 6) is 0.401. The summed E-state index contributed by atoms with van der Waals surface area (Å²) in [6.45, 7) is 3.98. The number of hydrogen-bond donors (Lipinski definition) is 1. The third kappa shape index (κ3) is 4.05. The Balaban J connectivity index is 2.13. The Labute approximate surface area is 128 Å². The quantitative estimate of drug-likeness (QED) is 0.877. The van der Waals surface area contributed by atoms with Crippen molar-refractivity contribution in [3.8, 4) is 0 Å². The molecule has 0 spiro atoms. The highest BCUT2D eigenvalue weighted by Crippen LogP contribution is 2.25. The summed E-state index contributed by atoms with van der Waals surface area (Å²) >= 11 is 0. The number of nitrogens with zero attached hydrogens (tertiary/aromatic N) is 1. The van der Waals surface area contributed by atoms with Gasteiger partial charge >= 0.3 is 0 Å². The number of nitrogens with two attached hydrogens (primary N) is 1. The van der Waals surface area contributed by atoms with Crippen LogP contribution in [-0.2, 0) is 16.4 Å². The van der Waals surface area contributed by atoms with Crippen LogP contribution in [0.25, 0.3) is 0 Å². The van der Waals surface area contributed by atoms with Gasteiger partial charge in [-0.15, -0.1) is 0 Å². The molecule has 0 radical (unpaired) electrons. The molecule has 4 nitrogen and oxygen atoms in total. The minimum Gasteiger partial charge on any atom is -0.330 e. The van der Waals surface area contributed by atoms with E-state index in [1.54, 1.807) is 16.4 Å². The SMILES string of the molecule is CCCc1ccc(S(=O)(=O)N2CCCC(CCN)C2)cc1. The molecule has 0 aliphatic carbocycles. The smallest absolute Gasteiger partial charge is 0.243 e. The highest BCUT2D eigenvalue weighted by Gasteiger charge is 2.29. The lowest BCUT2D eigenvalue weighted by Gasteiger charge is -2.31. The summed E-state index contributed by atoms with van der Waals surface area (Å²) < 4.78 is 27.0. The molecular formula is C16H26N2O2S. The molecule has 1 aliphatic heterocycles. The van der Waals surface area contributed by atoms with E-state index in [0.717, 1.165) is 32.1 Å². The van der Waals surface area contributed by atoms with Gasteiger partial charge in [-0.3, -0.25) is 0 Å². The van der Waals surface area contributed by atoms with Crippen LogP contribution in [-0.4, -0.2) is 32.4 Å². The molecule has 1 atom stereocenters. The fourth-order valence-electron chi connectivity index (χ4n) is 2.98. The van der Waals surface area contributed by atoms with Gasteiger partial charge in [0.05, 0.1) is 4.90 Å². The van der Waals surface area contributed by atoms with E-state index in [1.165, 1.54) is 5.56 Å². The van der Waals surface area contributed by atoms with Gasteiger partial charge in [-0.05, 0) is 55.8 Å². The highest BCUT2D eigenvalue weighted by molar-refractivity contribution is 7.89. The van der Waals surface area contributed by atoms with E-state index in [9.17, 15) is 8.42 Å². The molecule has 1 aromatic rings. The Hall–Kier alpha value is -0.910. The molecule has 1 aromatic carbocycles. The van der Waals surface area contributed by atoms with E-state index >= 15 is 0 Å². The van der Waals surface area contributed by atoms with Crippen molar-refractivity contribution >= 4 is 10.0 Å². The Bertz CT molecular complexity index is 538. The largest absolute Gasteiger partial charge is 0.330 e. The van der Waals surface area contributed by atoms with Gasteiger partial charge in [-0.2, -0.15) is 4.31 Å². The van der Waals surface area contributed by atoms with Gasteiger partial charge < -0.3 is 5.73 Å². The molecule has 21 heavy (non-hydrogen) atoms. The Kier molecular flexibility index (Phi) is 5.79. The second-order valence-corrected chi connectivity index (χ2v) is 7.78. The molecule has 0 bridgehead atoms. The molecule has 1 unspecified atom stereocenters. The summed E-state index contributed by atoms with van der Waals surface area (Å²) in [5.41, 5.74) is 6.79. The van der Waals surface area contributed by atoms with Crippen LogP contribution in [0.2, 0.25) is 0 Å². The number of aryl methyl sites for hydroxylation is 1. The van der Waals surface area contributed by atoms with Crippen LogP contribution >= 0.6 is 0 Å². The van der Waals surface area contributed by atoms with Crippen LogP contribution in [0.3, 0.4) is 0 Å². The number of piperidine rings is 1. The monoisotopic (exact) mass is 310 g/mol. The first-order valence-corrected chi connectivity index (χ1v) is 9.31. The van der Waals surface area contributed by atoms with E-state index in [1.807, 2.05) is 12.1 Å². The highest BCUT2D eigenvalue weighted by atomic mass is 32.2. The van der Waals surface area contributed by atoms with E-state index in [4.69, 9.17) is 5.73 Å². The van der Waals surface area contributed by atoms with Crippen molar-refractivity contribution in [3.63, 3.8) is 0 Å². The van der Waals surface area contributed by atoms with Crippen LogP contribution in [0.5, 0.6) is 0 Å². The summed E-state index contributed by atoms with van der Waals surface area (Å²) in [5, 5.41) is 0. The second kappa shape index (κ2) is 7.38. The van der Waals surface area contributed by atoms with Crippen LogP contribution in [0.1, 0.15) is 38.2 Å². The van der Waals surface area contributed by atoms with Crippen molar-refractivity contribution in [2.24, 2.45) is 11.7 Å². The molecule has 1 aliphatic rings. The first kappa shape index (κ1) is 16.5. The van der Waals surface area contributed by atoms with E-state index in [0.29, 0.717) is 30.4 Å². The minimum absolute atomic E-state index is 0.401. The maximum absolute atomic E-state index is 12.7. The van der Waals surface area contributed by atoms with Crippen molar-refractivity contribution in [1.29, 1.82) is 0 Å². The zero-order chi connectivity index (χ0) is 15.3. The van der Waals surface area contributed by atoms with Crippen molar-refractivity contribution in [2.75, 3.05) is 19.6 Å². The standard InChI is InChI=1S/C16H26N2O2S/c1-2-4-14-6-8-16(9-7-14)21(19,20)18-12-3-5-15(13-18)10-11-17/h6-9,15H,2-5,10-13,17H2,1H3. The summed E-state index contributed by atoms with van der Waals surface area (Å²) in [4.78, 5) is 0.413. The predicted molar refractivity (Wildman–Crippen MR) is 85.6 cm³/mol. The first-order valence-electron chi connectivity index (χ1n) is 7.87. The van der Waals surface area contributed by atoms with Gasteiger partial charge in [0.2, 0.25) is 10.0 Å². The van der Waals surface area contributed by atoms with Crippen molar-refractivity contribution in [3.05, 3.63) is 29.8 Å². The van der Waals surface area contributed by atoms with Crippen molar-refractivity contribution < 1.29 is 8.42 Å². The van der Waals surface area contributed by atoms with E-state index in [-0.39, 0.29) is 0 Å². The number of benzene rings is 1. The van der Waals surface area contributed by atoms with Gasteiger partial charge in [-0.25, -0.2) is 8.42 Å². The van der Waals surface area contributed by atoms with E-state index < -0.39 is 10.0 Å². The molecular weight excluding hydrogens is 284 g/mol. The Morgan fingerprint density at radius 2 is 2.00 bits per heavy atom. The fraction of sp³-hybridized carbons (Fsp3) is 0.625. The fourth-order valence-corrected chi connectivity index (χ4v) is 4.54. The molecule has 1 heterocycles.